The lowest BCUT2D eigenvalue weighted by Crippen LogP contribution is -2.26. The van der Waals surface area contributed by atoms with Gasteiger partial charge in [0, 0.05) is 19.2 Å². The Morgan fingerprint density at radius 1 is 1.24 bits per heavy atom. The first kappa shape index (κ1) is 15.0. The molecule has 2 N–H and O–H groups in total. The van der Waals surface area contributed by atoms with Gasteiger partial charge >= 0.3 is 0 Å². The van der Waals surface area contributed by atoms with E-state index < -0.39 is 5.91 Å². The maximum Gasteiger partial charge on any atom is 0.267 e. The Balaban J connectivity index is 2.47. The van der Waals surface area contributed by atoms with Crippen LogP contribution >= 0.6 is 0 Å². The molecule has 0 unspecified atom stereocenters. The predicted molar refractivity (Wildman–Crippen MR) is 84.1 cm³/mol. The van der Waals surface area contributed by atoms with Crippen molar-refractivity contribution in [2.45, 2.75) is 13.8 Å². The Labute approximate surface area is 124 Å². The summed E-state index contributed by atoms with van der Waals surface area (Å²) in [5.74, 6) is 0.434. The third kappa shape index (κ3) is 3.78. The van der Waals surface area contributed by atoms with E-state index in [-0.39, 0.29) is 5.69 Å². The van der Waals surface area contributed by atoms with Gasteiger partial charge in [-0.3, -0.25) is 4.79 Å². The Hall–Kier alpha value is -2.43. The SMILES string of the molecule is CC(C)CN(C)c1nc(C(N)=O)cc(-c2ccccc2)n1. The van der Waals surface area contributed by atoms with E-state index in [2.05, 4.69) is 23.8 Å². The van der Waals surface area contributed by atoms with Crippen LogP contribution < -0.4 is 10.6 Å². The molecule has 21 heavy (non-hydrogen) atoms. The van der Waals surface area contributed by atoms with Gasteiger partial charge in [0.1, 0.15) is 5.69 Å². The van der Waals surface area contributed by atoms with E-state index in [4.69, 9.17) is 5.73 Å². The lowest BCUT2D eigenvalue weighted by atomic mass is 10.1. The van der Waals surface area contributed by atoms with Crippen LogP contribution in [0.1, 0.15) is 24.3 Å². The first-order valence-corrected chi connectivity index (χ1v) is 6.93. The highest BCUT2D eigenvalue weighted by Gasteiger charge is 2.13. The minimum absolute atomic E-state index is 0.231. The molecule has 0 atom stereocenters. The highest BCUT2D eigenvalue weighted by Crippen LogP contribution is 2.20. The average molecular weight is 284 g/mol. The zero-order chi connectivity index (χ0) is 15.4. The second kappa shape index (κ2) is 6.35. The molecule has 0 saturated heterocycles. The van der Waals surface area contributed by atoms with Gasteiger partial charge in [-0.05, 0) is 12.0 Å². The normalized spacial score (nSPS) is 10.7. The Kier molecular flexibility index (Phi) is 4.52. The monoisotopic (exact) mass is 284 g/mol. The molecule has 2 rings (SSSR count). The van der Waals surface area contributed by atoms with Gasteiger partial charge in [-0.1, -0.05) is 44.2 Å². The predicted octanol–water partition coefficient (Wildman–Crippen LogP) is 2.33. The molecule has 0 saturated carbocycles. The first-order chi connectivity index (χ1) is 9.97. The highest BCUT2D eigenvalue weighted by atomic mass is 16.1. The number of nitrogens with two attached hydrogens (primary N) is 1. The van der Waals surface area contributed by atoms with Crippen molar-refractivity contribution >= 4 is 11.9 Å². The number of carbonyl (C=O) groups is 1. The van der Waals surface area contributed by atoms with Crippen LogP contribution in [-0.4, -0.2) is 29.5 Å². The largest absolute Gasteiger partial charge is 0.364 e. The minimum atomic E-state index is -0.547. The molecule has 110 valence electrons. The van der Waals surface area contributed by atoms with Gasteiger partial charge < -0.3 is 10.6 Å². The number of primary amides is 1. The van der Waals surface area contributed by atoms with Gasteiger partial charge in [0.25, 0.3) is 5.91 Å². The molecular formula is C16H20N4O. The van der Waals surface area contributed by atoms with Crippen LogP contribution in [0.5, 0.6) is 0 Å². The zero-order valence-electron chi connectivity index (χ0n) is 12.6. The van der Waals surface area contributed by atoms with Crippen LogP contribution in [0.4, 0.5) is 5.95 Å². The van der Waals surface area contributed by atoms with Crippen LogP contribution in [0.2, 0.25) is 0 Å². The van der Waals surface area contributed by atoms with Gasteiger partial charge in [-0.25, -0.2) is 9.97 Å². The van der Waals surface area contributed by atoms with Crippen molar-refractivity contribution in [3.05, 3.63) is 42.1 Å². The lowest BCUT2D eigenvalue weighted by Gasteiger charge is -2.20. The number of anilines is 1. The van der Waals surface area contributed by atoms with Crippen molar-refractivity contribution in [3.8, 4) is 11.3 Å². The Morgan fingerprint density at radius 3 is 2.48 bits per heavy atom. The third-order valence-electron chi connectivity index (χ3n) is 3.02. The summed E-state index contributed by atoms with van der Waals surface area (Å²) < 4.78 is 0. The van der Waals surface area contributed by atoms with E-state index in [1.54, 1.807) is 6.07 Å². The van der Waals surface area contributed by atoms with Gasteiger partial charge in [0.15, 0.2) is 0 Å². The summed E-state index contributed by atoms with van der Waals surface area (Å²) in [6.07, 6.45) is 0. The molecule has 1 amide bonds. The van der Waals surface area contributed by atoms with Crippen molar-refractivity contribution in [1.29, 1.82) is 0 Å². The summed E-state index contributed by atoms with van der Waals surface area (Å²) in [7, 11) is 1.91. The molecule has 1 heterocycles. The third-order valence-corrected chi connectivity index (χ3v) is 3.02. The smallest absolute Gasteiger partial charge is 0.267 e. The molecule has 1 aromatic carbocycles. The van der Waals surface area contributed by atoms with Crippen molar-refractivity contribution in [3.63, 3.8) is 0 Å². The molecular weight excluding hydrogens is 264 g/mol. The fourth-order valence-electron chi connectivity index (χ4n) is 2.12. The number of amides is 1. The summed E-state index contributed by atoms with van der Waals surface area (Å²) in [6.45, 7) is 5.04. The molecule has 0 aliphatic heterocycles. The molecule has 5 heteroatoms. The van der Waals surface area contributed by atoms with E-state index in [9.17, 15) is 4.79 Å². The van der Waals surface area contributed by atoms with Crippen LogP contribution in [0, 0.1) is 5.92 Å². The average Bonchev–Trinajstić information content (AvgIpc) is 2.47. The number of rotatable bonds is 5. The Bertz CT molecular complexity index is 625. The topological polar surface area (TPSA) is 72.1 Å². The molecule has 0 bridgehead atoms. The summed E-state index contributed by atoms with van der Waals surface area (Å²) in [6, 6.07) is 11.3. The standard InChI is InChI=1S/C16H20N4O/c1-11(2)10-20(3)16-18-13(9-14(19-16)15(17)21)12-7-5-4-6-8-12/h4-9,11H,10H2,1-3H3,(H2,17,21). The fraction of sp³-hybridized carbons (Fsp3) is 0.312. The number of nitrogens with zero attached hydrogens (tertiary/aromatic N) is 3. The van der Waals surface area contributed by atoms with Crippen molar-refractivity contribution in [2.24, 2.45) is 11.7 Å². The van der Waals surface area contributed by atoms with Crippen molar-refractivity contribution in [2.75, 3.05) is 18.5 Å². The summed E-state index contributed by atoms with van der Waals surface area (Å²) >= 11 is 0. The molecule has 2 aromatic rings. The number of aromatic nitrogens is 2. The molecule has 0 fully saturated rings. The van der Waals surface area contributed by atoms with Crippen LogP contribution in [0.3, 0.4) is 0 Å². The summed E-state index contributed by atoms with van der Waals surface area (Å²) in [5, 5.41) is 0. The molecule has 0 aliphatic rings. The molecule has 1 aromatic heterocycles. The summed E-state index contributed by atoms with van der Waals surface area (Å²) in [4.78, 5) is 22.2. The minimum Gasteiger partial charge on any atom is -0.364 e. The maximum atomic E-state index is 11.5. The van der Waals surface area contributed by atoms with Gasteiger partial charge in [0.05, 0.1) is 5.69 Å². The van der Waals surface area contributed by atoms with E-state index in [1.807, 2.05) is 42.3 Å². The fourth-order valence-corrected chi connectivity index (χ4v) is 2.12. The van der Waals surface area contributed by atoms with E-state index in [0.29, 0.717) is 17.6 Å². The zero-order valence-corrected chi connectivity index (χ0v) is 12.6. The first-order valence-electron chi connectivity index (χ1n) is 6.93. The molecule has 0 radical (unpaired) electrons. The number of hydrogen-bond donors (Lipinski definition) is 1. The molecule has 5 nitrogen and oxygen atoms in total. The lowest BCUT2D eigenvalue weighted by molar-refractivity contribution is 0.0995. The van der Waals surface area contributed by atoms with Crippen molar-refractivity contribution in [1.82, 2.24) is 9.97 Å². The highest BCUT2D eigenvalue weighted by molar-refractivity contribution is 5.92. The van der Waals surface area contributed by atoms with Crippen molar-refractivity contribution < 1.29 is 4.79 Å². The van der Waals surface area contributed by atoms with Crippen LogP contribution in [-0.2, 0) is 0 Å². The second-order valence-corrected chi connectivity index (χ2v) is 5.44. The van der Waals surface area contributed by atoms with Gasteiger partial charge in [0.2, 0.25) is 5.95 Å². The number of hydrogen-bond acceptors (Lipinski definition) is 4. The van der Waals surface area contributed by atoms with Crippen LogP contribution in [0.15, 0.2) is 36.4 Å². The van der Waals surface area contributed by atoms with E-state index in [1.165, 1.54) is 0 Å². The van der Waals surface area contributed by atoms with Gasteiger partial charge in [-0.2, -0.15) is 0 Å². The van der Waals surface area contributed by atoms with Crippen LogP contribution in [0.25, 0.3) is 11.3 Å². The maximum absolute atomic E-state index is 11.5. The summed E-state index contributed by atoms with van der Waals surface area (Å²) in [5.41, 5.74) is 7.25. The molecule has 0 aliphatic carbocycles. The Morgan fingerprint density at radius 2 is 1.90 bits per heavy atom. The quantitative estimate of drug-likeness (QED) is 0.914. The molecule has 0 spiro atoms. The number of benzene rings is 1. The van der Waals surface area contributed by atoms with E-state index in [0.717, 1.165) is 12.1 Å². The number of carbonyl (C=O) groups excluding carboxylic acids is 1. The second-order valence-electron chi connectivity index (χ2n) is 5.44. The van der Waals surface area contributed by atoms with Gasteiger partial charge in [-0.15, -0.1) is 0 Å². The van der Waals surface area contributed by atoms with E-state index >= 15 is 0 Å².